The van der Waals surface area contributed by atoms with Gasteiger partial charge >= 0.3 is 0 Å². The van der Waals surface area contributed by atoms with Gasteiger partial charge in [-0.1, -0.05) is 23.4 Å². The first-order valence-corrected chi connectivity index (χ1v) is 8.95. The van der Waals surface area contributed by atoms with Crippen LogP contribution in [0.3, 0.4) is 0 Å². The van der Waals surface area contributed by atoms with E-state index in [2.05, 4.69) is 21.2 Å². The van der Waals surface area contributed by atoms with Gasteiger partial charge in [-0.3, -0.25) is 0 Å². The van der Waals surface area contributed by atoms with Crippen LogP contribution in [0.2, 0.25) is 0 Å². The predicted molar refractivity (Wildman–Crippen MR) is 107 cm³/mol. The normalized spacial score (nSPS) is 10.4. The highest BCUT2D eigenvalue weighted by Gasteiger charge is 2.13. The van der Waals surface area contributed by atoms with Crippen LogP contribution in [-0.2, 0) is 13.0 Å². The van der Waals surface area contributed by atoms with Gasteiger partial charge in [0.25, 0.3) is 0 Å². The maximum Gasteiger partial charge on any atom is 0.217 e. The van der Waals surface area contributed by atoms with E-state index in [9.17, 15) is 0 Å². The molecule has 3 aromatic heterocycles. The van der Waals surface area contributed by atoms with Crippen LogP contribution in [0.4, 0.5) is 5.82 Å². The molecule has 1 aromatic carbocycles. The molecule has 0 atom stereocenters. The van der Waals surface area contributed by atoms with Crippen molar-refractivity contribution in [1.29, 1.82) is 5.26 Å². The minimum absolute atomic E-state index is 0.353. The SMILES string of the molecule is N#Cc1ccc(COc2ncccc2Cc2cc(-c3cccnc3N)on2)cc1. The zero-order valence-corrected chi connectivity index (χ0v) is 15.4. The van der Waals surface area contributed by atoms with Crippen molar-refractivity contribution >= 4 is 5.82 Å². The highest BCUT2D eigenvalue weighted by Crippen LogP contribution is 2.26. The van der Waals surface area contributed by atoms with Crippen molar-refractivity contribution in [3.8, 4) is 23.3 Å². The lowest BCUT2D eigenvalue weighted by atomic mass is 10.1. The van der Waals surface area contributed by atoms with Crippen molar-refractivity contribution in [2.45, 2.75) is 13.0 Å². The van der Waals surface area contributed by atoms with E-state index >= 15 is 0 Å². The van der Waals surface area contributed by atoms with Crippen LogP contribution in [-0.4, -0.2) is 15.1 Å². The van der Waals surface area contributed by atoms with E-state index in [1.165, 1.54) is 0 Å². The van der Waals surface area contributed by atoms with Gasteiger partial charge in [-0.15, -0.1) is 0 Å². The molecule has 0 saturated carbocycles. The second-order valence-electron chi connectivity index (χ2n) is 6.36. The molecule has 4 rings (SSSR count). The van der Waals surface area contributed by atoms with E-state index in [4.69, 9.17) is 20.3 Å². The Labute approximate surface area is 167 Å². The van der Waals surface area contributed by atoms with E-state index in [1.807, 2.05) is 36.4 Å². The van der Waals surface area contributed by atoms with Gasteiger partial charge in [0.2, 0.25) is 5.88 Å². The summed E-state index contributed by atoms with van der Waals surface area (Å²) in [6, 6.07) is 18.6. The second kappa shape index (κ2) is 8.23. The Bertz CT molecular complexity index is 1160. The standard InChI is InChI=1S/C22H17N5O2/c23-13-15-5-7-16(8-6-15)14-28-22-17(3-1-10-26-22)11-18-12-20(29-27-18)19-4-2-9-25-21(19)24/h1-10,12H,11,14H2,(H2,24,25). The molecule has 0 spiro atoms. The van der Waals surface area contributed by atoms with Crippen molar-refractivity contribution in [2.24, 2.45) is 0 Å². The molecule has 0 radical (unpaired) electrons. The quantitative estimate of drug-likeness (QED) is 0.539. The summed E-state index contributed by atoms with van der Waals surface area (Å²) >= 11 is 0. The first-order chi connectivity index (χ1) is 14.2. The fourth-order valence-electron chi connectivity index (χ4n) is 2.86. The zero-order chi connectivity index (χ0) is 20.1. The summed E-state index contributed by atoms with van der Waals surface area (Å²) in [5.41, 5.74) is 9.80. The molecule has 0 aliphatic rings. The Balaban J connectivity index is 1.49. The lowest BCUT2D eigenvalue weighted by molar-refractivity contribution is 0.290. The van der Waals surface area contributed by atoms with Crippen molar-refractivity contribution in [1.82, 2.24) is 15.1 Å². The van der Waals surface area contributed by atoms with Crippen LogP contribution in [0.15, 0.2) is 71.5 Å². The number of nitriles is 1. The Morgan fingerprint density at radius 3 is 2.62 bits per heavy atom. The summed E-state index contributed by atoms with van der Waals surface area (Å²) in [6.07, 6.45) is 3.81. The number of aromatic nitrogens is 3. The van der Waals surface area contributed by atoms with E-state index in [0.717, 1.165) is 16.8 Å². The van der Waals surface area contributed by atoms with E-state index in [1.54, 1.807) is 30.6 Å². The number of anilines is 1. The molecule has 3 heterocycles. The summed E-state index contributed by atoms with van der Waals surface area (Å²) in [5.74, 6) is 1.49. The van der Waals surface area contributed by atoms with Gasteiger partial charge in [-0.2, -0.15) is 5.26 Å². The average Bonchev–Trinajstić information content (AvgIpc) is 3.22. The van der Waals surface area contributed by atoms with Crippen molar-refractivity contribution in [3.05, 3.63) is 89.4 Å². The summed E-state index contributed by atoms with van der Waals surface area (Å²) in [6.45, 7) is 0.353. The zero-order valence-electron chi connectivity index (χ0n) is 15.4. The van der Waals surface area contributed by atoms with Crippen LogP contribution >= 0.6 is 0 Å². The molecule has 0 fully saturated rings. The maximum atomic E-state index is 8.89. The third-order valence-corrected chi connectivity index (χ3v) is 4.34. The number of ether oxygens (including phenoxy) is 1. The number of rotatable bonds is 6. The third kappa shape index (κ3) is 4.22. The highest BCUT2D eigenvalue weighted by molar-refractivity contribution is 5.69. The molecule has 142 valence electrons. The van der Waals surface area contributed by atoms with Gasteiger partial charge in [0.1, 0.15) is 12.4 Å². The fourth-order valence-corrected chi connectivity index (χ4v) is 2.86. The van der Waals surface area contributed by atoms with Gasteiger partial charge in [0.15, 0.2) is 5.76 Å². The molecule has 4 aromatic rings. The van der Waals surface area contributed by atoms with Gasteiger partial charge in [-0.05, 0) is 35.9 Å². The lowest BCUT2D eigenvalue weighted by Crippen LogP contribution is -2.01. The van der Waals surface area contributed by atoms with Crippen molar-refractivity contribution in [2.75, 3.05) is 5.73 Å². The molecule has 0 bridgehead atoms. The number of pyridine rings is 2. The summed E-state index contributed by atoms with van der Waals surface area (Å²) in [5, 5.41) is 13.0. The van der Waals surface area contributed by atoms with Crippen molar-refractivity contribution < 1.29 is 9.26 Å². The fraction of sp³-hybridized carbons (Fsp3) is 0.0909. The van der Waals surface area contributed by atoms with Gasteiger partial charge < -0.3 is 15.0 Å². The topological polar surface area (TPSA) is 111 Å². The minimum atomic E-state index is 0.353. The van der Waals surface area contributed by atoms with Crippen LogP contribution in [0.1, 0.15) is 22.4 Å². The number of nitrogens with zero attached hydrogens (tertiary/aromatic N) is 4. The molecule has 29 heavy (non-hydrogen) atoms. The van der Waals surface area contributed by atoms with Crippen LogP contribution in [0.5, 0.6) is 5.88 Å². The molecule has 7 heteroatoms. The molecule has 0 aliphatic heterocycles. The maximum absolute atomic E-state index is 8.89. The first kappa shape index (κ1) is 18.2. The monoisotopic (exact) mass is 383 g/mol. The minimum Gasteiger partial charge on any atom is -0.473 e. The number of hydrogen-bond donors (Lipinski definition) is 1. The Kier molecular flexibility index (Phi) is 5.16. The molecule has 2 N–H and O–H groups in total. The van der Waals surface area contributed by atoms with Crippen molar-refractivity contribution in [3.63, 3.8) is 0 Å². The number of benzene rings is 1. The van der Waals surface area contributed by atoms with Gasteiger partial charge in [0.05, 0.1) is 22.9 Å². The molecule has 7 nitrogen and oxygen atoms in total. The largest absolute Gasteiger partial charge is 0.473 e. The molecule has 0 amide bonds. The van der Waals surface area contributed by atoms with E-state index in [-0.39, 0.29) is 0 Å². The van der Waals surface area contributed by atoms with Gasteiger partial charge in [-0.25, -0.2) is 9.97 Å². The summed E-state index contributed by atoms with van der Waals surface area (Å²) < 4.78 is 11.3. The van der Waals surface area contributed by atoms with E-state index in [0.29, 0.717) is 41.6 Å². The summed E-state index contributed by atoms with van der Waals surface area (Å²) in [4.78, 5) is 8.41. The second-order valence-corrected chi connectivity index (χ2v) is 6.36. The predicted octanol–water partition coefficient (Wildman–Crippen LogP) is 3.76. The van der Waals surface area contributed by atoms with E-state index < -0.39 is 0 Å². The van der Waals surface area contributed by atoms with Crippen LogP contribution in [0, 0.1) is 11.3 Å². The first-order valence-electron chi connectivity index (χ1n) is 8.95. The Morgan fingerprint density at radius 1 is 1.03 bits per heavy atom. The number of nitrogen functional groups attached to an aromatic ring is 1. The van der Waals surface area contributed by atoms with Crippen LogP contribution < -0.4 is 10.5 Å². The molecule has 0 unspecified atom stereocenters. The lowest BCUT2D eigenvalue weighted by Gasteiger charge is -2.09. The average molecular weight is 383 g/mol. The molecule has 0 aliphatic carbocycles. The number of hydrogen-bond acceptors (Lipinski definition) is 7. The molecular weight excluding hydrogens is 366 g/mol. The summed E-state index contributed by atoms with van der Waals surface area (Å²) in [7, 11) is 0. The van der Waals surface area contributed by atoms with Crippen LogP contribution in [0.25, 0.3) is 11.3 Å². The Hall–Kier alpha value is -4.18. The van der Waals surface area contributed by atoms with Gasteiger partial charge in [0, 0.05) is 30.4 Å². The highest BCUT2D eigenvalue weighted by atomic mass is 16.5. The molecule has 0 saturated heterocycles. The number of nitrogens with two attached hydrogens (primary N) is 1. The molecular formula is C22H17N5O2. The Morgan fingerprint density at radius 2 is 1.83 bits per heavy atom. The smallest absolute Gasteiger partial charge is 0.217 e. The third-order valence-electron chi connectivity index (χ3n) is 4.34.